The summed E-state index contributed by atoms with van der Waals surface area (Å²) in [7, 11) is 0. The summed E-state index contributed by atoms with van der Waals surface area (Å²) in [6, 6.07) is 6.54. The molecule has 0 bridgehead atoms. The van der Waals surface area contributed by atoms with Crippen molar-refractivity contribution in [2.75, 3.05) is 4.90 Å². The molecule has 1 aliphatic heterocycles. The number of imide groups is 1. The van der Waals surface area contributed by atoms with E-state index >= 15 is 0 Å². The normalized spacial score (nSPS) is 20.7. The van der Waals surface area contributed by atoms with E-state index in [0.29, 0.717) is 5.69 Å². The van der Waals surface area contributed by atoms with Gasteiger partial charge in [-0.1, -0.05) is 12.1 Å². The molecule has 0 aromatic heterocycles. The van der Waals surface area contributed by atoms with Crippen molar-refractivity contribution in [1.82, 2.24) is 5.32 Å². The van der Waals surface area contributed by atoms with Gasteiger partial charge < -0.3 is 5.32 Å². The lowest BCUT2D eigenvalue weighted by atomic mass is 10.2. The molecule has 1 N–H and O–H groups in total. The molecule has 4 heteroatoms. The first-order valence-electron chi connectivity index (χ1n) is 4.81. The highest BCUT2D eigenvalue weighted by atomic mass is 16.2. The van der Waals surface area contributed by atoms with E-state index < -0.39 is 6.04 Å². The Kier molecular flexibility index (Phi) is 2.19. The van der Waals surface area contributed by atoms with E-state index in [1.807, 2.05) is 25.1 Å². The standard InChI is InChI=1S/C11H12N2O2/c1-7-4-3-5-9(6-7)13-10(14)8(2)12-11(13)15/h3-6,8H,1-2H3,(H,12,15). The number of rotatable bonds is 1. The van der Waals surface area contributed by atoms with Gasteiger partial charge in [-0.15, -0.1) is 0 Å². The third kappa shape index (κ3) is 1.58. The van der Waals surface area contributed by atoms with Crippen LogP contribution in [0.4, 0.5) is 10.5 Å². The SMILES string of the molecule is Cc1cccc(N2C(=O)NC(C)C2=O)c1. The molecule has 2 rings (SSSR count). The first kappa shape index (κ1) is 9.71. The number of aryl methyl sites for hydroxylation is 1. The van der Waals surface area contributed by atoms with Gasteiger partial charge in [0, 0.05) is 0 Å². The zero-order valence-electron chi connectivity index (χ0n) is 8.65. The average Bonchev–Trinajstić information content (AvgIpc) is 2.41. The first-order chi connectivity index (χ1) is 7.09. The van der Waals surface area contributed by atoms with Gasteiger partial charge in [0.05, 0.1) is 5.69 Å². The smallest absolute Gasteiger partial charge is 0.326 e. The second kappa shape index (κ2) is 3.38. The molecule has 78 valence electrons. The molecule has 1 aromatic rings. The van der Waals surface area contributed by atoms with Gasteiger partial charge in [0.1, 0.15) is 6.04 Å². The molecule has 1 heterocycles. The van der Waals surface area contributed by atoms with Crippen LogP contribution < -0.4 is 10.2 Å². The summed E-state index contributed by atoms with van der Waals surface area (Å²) in [5.74, 6) is -0.203. The Bertz CT molecular complexity index is 428. The van der Waals surface area contributed by atoms with Crippen LogP contribution in [0.15, 0.2) is 24.3 Å². The molecule has 1 aromatic carbocycles. The predicted molar refractivity (Wildman–Crippen MR) is 56.7 cm³/mol. The van der Waals surface area contributed by atoms with Gasteiger partial charge in [-0.3, -0.25) is 4.79 Å². The summed E-state index contributed by atoms with van der Waals surface area (Å²) >= 11 is 0. The van der Waals surface area contributed by atoms with Crippen LogP contribution in [-0.4, -0.2) is 18.0 Å². The van der Waals surface area contributed by atoms with Crippen LogP contribution >= 0.6 is 0 Å². The summed E-state index contributed by atoms with van der Waals surface area (Å²) < 4.78 is 0. The van der Waals surface area contributed by atoms with Crippen molar-refractivity contribution in [2.45, 2.75) is 19.9 Å². The van der Waals surface area contributed by atoms with Gasteiger partial charge in [0.15, 0.2) is 0 Å². The van der Waals surface area contributed by atoms with Gasteiger partial charge in [0.25, 0.3) is 5.91 Å². The maximum Gasteiger partial charge on any atom is 0.329 e. The third-order valence-electron chi connectivity index (χ3n) is 2.39. The first-order valence-corrected chi connectivity index (χ1v) is 4.81. The third-order valence-corrected chi connectivity index (χ3v) is 2.39. The zero-order valence-corrected chi connectivity index (χ0v) is 8.65. The van der Waals surface area contributed by atoms with Gasteiger partial charge in [-0.25, -0.2) is 9.69 Å². The zero-order chi connectivity index (χ0) is 11.0. The van der Waals surface area contributed by atoms with Crippen molar-refractivity contribution in [3.05, 3.63) is 29.8 Å². The van der Waals surface area contributed by atoms with Crippen molar-refractivity contribution in [1.29, 1.82) is 0 Å². The number of benzene rings is 1. The van der Waals surface area contributed by atoms with Gasteiger partial charge in [-0.05, 0) is 31.5 Å². The Morgan fingerprint density at radius 2 is 2.07 bits per heavy atom. The summed E-state index contributed by atoms with van der Waals surface area (Å²) in [6.07, 6.45) is 0. The number of urea groups is 1. The van der Waals surface area contributed by atoms with E-state index in [2.05, 4.69) is 5.32 Å². The number of carbonyl (C=O) groups excluding carboxylic acids is 2. The minimum absolute atomic E-state index is 0.203. The monoisotopic (exact) mass is 204 g/mol. The topological polar surface area (TPSA) is 49.4 Å². The number of anilines is 1. The summed E-state index contributed by atoms with van der Waals surface area (Å²) in [5, 5.41) is 2.57. The van der Waals surface area contributed by atoms with E-state index in [4.69, 9.17) is 0 Å². The maximum absolute atomic E-state index is 11.7. The fourth-order valence-corrected chi connectivity index (χ4v) is 1.62. The van der Waals surface area contributed by atoms with Crippen LogP contribution in [0.1, 0.15) is 12.5 Å². The number of nitrogens with zero attached hydrogens (tertiary/aromatic N) is 1. The number of hydrogen-bond acceptors (Lipinski definition) is 2. The van der Waals surface area contributed by atoms with E-state index in [-0.39, 0.29) is 11.9 Å². The molecular formula is C11H12N2O2. The van der Waals surface area contributed by atoms with Crippen LogP contribution in [0.25, 0.3) is 0 Å². The van der Waals surface area contributed by atoms with Crippen molar-refractivity contribution < 1.29 is 9.59 Å². The van der Waals surface area contributed by atoms with Crippen molar-refractivity contribution in [3.63, 3.8) is 0 Å². The van der Waals surface area contributed by atoms with Crippen LogP contribution in [0.2, 0.25) is 0 Å². The Morgan fingerprint density at radius 3 is 2.60 bits per heavy atom. The van der Waals surface area contributed by atoms with Crippen molar-refractivity contribution in [3.8, 4) is 0 Å². The molecule has 1 saturated heterocycles. The molecule has 15 heavy (non-hydrogen) atoms. The molecule has 0 spiro atoms. The van der Waals surface area contributed by atoms with Crippen LogP contribution in [0.5, 0.6) is 0 Å². The fraction of sp³-hybridized carbons (Fsp3) is 0.273. The lowest BCUT2D eigenvalue weighted by molar-refractivity contribution is -0.117. The summed E-state index contributed by atoms with van der Waals surface area (Å²) in [6.45, 7) is 3.60. The molecule has 0 aliphatic carbocycles. The van der Waals surface area contributed by atoms with E-state index in [1.54, 1.807) is 13.0 Å². The Labute approximate surface area is 87.9 Å². The van der Waals surface area contributed by atoms with Gasteiger partial charge in [-0.2, -0.15) is 0 Å². The Balaban J connectivity index is 2.39. The largest absolute Gasteiger partial charge is 0.329 e. The highest BCUT2D eigenvalue weighted by molar-refractivity contribution is 6.21. The quantitative estimate of drug-likeness (QED) is 0.704. The van der Waals surface area contributed by atoms with Gasteiger partial charge in [0.2, 0.25) is 0 Å². The highest BCUT2D eigenvalue weighted by Gasteiger charge is 2.35. The molecule has 3 amide bonds. The number of nitrogens with one attached hydrogen (secondary N) is 1. The van der Waals surface area contributed by atoms with Crippen molar-refractivity contribution >= 4 is 17.6 Å². The fourth-order valence-electron chi connectivity index (χ4n) is 1.62. The van der Waals surface area contributed by atoms with Crippen LogP contribution in [-0.2, 0) is 4.79 Å². The predicted octanol–water partition coefficient (Wildman–Crippen LogP) is 1.44. The summed E-state index contributed by atoms with van der Waals surface area (Å²) in [4.78, 5) is 24.3. The molecule has 0 saturated carbocycles. The van der Waals surface area contributed by atoms with Crippen molar-refractivity contribution in [2.24, 2.45) is 0 Å². The molecule has 1 fully saturated rings. The van der Waals surface area contributed by atoms with Crippen LogP contribution in [0.3, 0.4) is 0 Å². The maximum atomic E-state index is 11.7. The molecule has 1 atom stereocenters. The minimum atomic E-state index is -0.432. The minimum Gasteiger partial charge on any atom is -0.326 e. The second-order valence-corrected chi connectivity index (χ2v) is 3.68. The average molecular weight is 204 g/mol. The lowest BCUT2D eigenvalue weighted by Gasteiger charge is -2.12. The van der Waals surface area contributed by atoms with Gasteiger partial charge >= 0.3 is 6.03 Å². The second-order valence-electron chi connectivity index (χ2n) is 3.68. The van der Waals surface area contributed by atoms with E-state index in [0.717, 1.165) is 5.56 Å². The highest BCUT2D eigenvalue weighted by Crippen LogP contribution is 2.20. The van der Waals surface area contributed by atoms with E-state index in [1.165, 1.54) is 4.90 Å². The number of amides is 3. The molecular weight excluding hydrogens is 192 g/mol. The molecule has 1 aliphatic rings. The van der Waals surface area contributed by atoms with Crippen LogP contribution in [0, 0.1) is 6.92 Å². The molecule has 0 radical (unpaired) electrons. The number of carbonyl (C=O) groups is 2. The number of hydrogen-bond donors (Lipinski definition) is 1. The molecule has 4 nitrogen and oxygen atoms in total. The Morgan fingerprint density at radius 1 is 1.33 bits per heavy atom. The summed E-state index contributed by atoms with van der Waals surface area (Å²) in [5.41, 5.74) is 1.65. The lowest BCUT2D eigenvalue weighted by Crippen LogP contribution is -2.30. The Hall–Kier alpha value is -1.84. The molecule has 1 unspecified atom stereocenters. The van der Waals surface area contributed by atoms with E-state index in [9.17, 15) is 9.59 Å².